The van der Waals surface area contributed by atoms with Crippen molar-refractivity contribution in [1.82, 2.24) is 9.88 Å². The van der Waals surface area contributed by atoms with E-state index in [0.717, 1.165) is 41.8 Å². The molecule has 2 heterocycles. The number of hydrogen-bond acceptors (Lipinski definition) is 4. The van der Waals surface area contributed by atoms with Crippen LogP contribution in [0.4, 0.5) is 10.1 Å². The molecular formula is C22H22ClFN3O. The molecule has 28 heavy (non-hydrogen) atoms. The number of pyridine rings is 1. The number of hydrogen-bond donors (Lipinski definition) is 2. The SMILES string of the molecule is CN1CCC(CNc2[c]cnc3ccc(-c4cc(F)c(O)c(Cl)c4)cc23)CC1. The minimum atomic E-state index is -0.735. The Hall–Kier alpha value is -2.37. The zero-order valence-corrected chi connectivity index (χ0v) is 16.4. The Balaban J connectivity index is 1.62. The number of fused-ring (bicyclic) bond motifs is 1. The highest BCUT2D eigenvalue weighted by Gasteiger charge is 2.17. The molecule has 0 unspecified atom stereocenters. The molecule has 0 bridgehead atoms. The van der Waals surface area contributed by atoms with Crippen LogP contribution >= 0.6 is 11.6 Å². The van der Waals surface area contributed by atoms with Crippen LogP contribution in [-0.2, 0) is 0 Å². The number of nitrogens with zero attached hydrogens (tertiary/aromatic N) is 2. The molecule has 0 aliphatic carbocycles. The number of aromatic nitrogens is 1. The molecule has 1 aliphatic rings. The Morgan fingerprint density at radius 2 is 2.04 bits per heavy atom. The minimum absolute atomic E-state index is 0.00605. The van der Waals surface area contributed by atoms with Crippen LogP contribution in [-0.4, -0.2) is 41.7 Å². The van der Waals surface area contributed by atoms with Crippen LogP contribution in [0, 0.1) is 17.8 Å². The van der Waals surface area contributed by atoms with E-state index in [1.54, 1.807) is 12.3 Å². The molecule has 145 valence electrons. The predicted octanol–water partition coefficient (Wildman–Crippen LogP) is 4.95. The van der Waals surface area contributed by atoms with E-state index < -0.39 is 11.6 Å². The van der Waals surface area contributed by atoms with Gasteiger partial charge in [0.15, 0.2) is 11.6 Å². The lowest BCUT2D eigenvalue weighted by Gasteiger charge is -2.29. The maximum absolute atomic E-state index is 13.9. The van der Waals surface area contributed by atoms with Gasteiger partial charge < -0.3 is 15.3 Å². The summed E-state index contributed by atoms with van der Waals surface area (Å²) in [5.41, 5.74) is 3.15. The third kappa shape index (κ3) is 3.91. The highest BCUT2D eigenvalue weighted by atomic mass is 35.5. The standard InChI is InChI=1S/C22H22ClFN3O/c1-27-8-5-14(6-9-27)13-26-21-4-7-25-20-3-2-15(10-17(20)21)16-11-18(23)22(28)19(24)12-16/h2-3,7,10-12,14,28H,5-6,8-9,13H2,1H3,(H,25,26). The second-order valence-electron chi connectivity index (χ2n) is 7.43. The van der Waals surface area contributed by atoms with Crippen LogP contribution in [0.5, 0.6) is 5.75 Å². The largest absolute Gasteiger partial charge is 0.504 e. The second kappa shape index (κ2) is 7.94. The lowest BCUT2D eigenvalue weighted by molar-refractivity contribution is 0.226. The van der Waals surface area contributed by atoms with Gasteiger partial charge in [-0.3, -0.25) is 4.98 Å². The summed E-state index contributed by atoms with van der Waals surface area (Å²) in [4.78, 5) is 6.75. The number of anilines is 1. The molecule has 4 nitrogen and oxygen atoms in total. The maximum atomic E-state index is 13.9. The number of rotatable bonds is 4. The Kier molecular flexibility index (Phi) is 5.38. The van der Waals surface area contributed by atoms with Crippen molar-refractivity contribution in [3.63, 3.8) is 0 Å². The molecule has 1 fully saturated rings. The number of nitrogens with one attached hydrogen (secondary N) is 1. The number of phenolic OH excluding ortho intramolecular Hbond substituents is 1. The molecule has 1 saturated heterocycles. The van der Waals surface area contributed by atoms with E-state index in [4.69, 9.17) is 11.6 Å². The Labute approximate surface area is 169 Å². The number of phenols is 1. The predicted molar refractivity (Wildman–Crippen MR) is 111 cm³/mol. The molecule has 0 amide bonds. The van der Waals surface area contributed by atoms with Crippen molar-refractivity contribution in [3.05, 3.63) is 53.4 Å². The van der Waals surface area contributed by atoms with Gasteiger partial charge in [-0.25, -0.2) is 4.39 Å². The summed E-state index contributed by atoms with van der Waals surface area (Å²) < 4.78 is 13.9. The minimum Gasteiger partial charge on any atom is -0.504 e. The zero-order chi connectivity index (χ0) is 19.7. The molecule has 4 rings (SSSR count). The highest BCUT2D eigenvalue weighted by Crippen LogP contribution is 2.34. The smallest absolute Gasteiger partial charge is 0.170 e. The molecule has 2 N–H and O–H groups in total. The molecule has 0 saturated carbocycles. The van der Waals surface area contributed by atoms with Gasteiger partial charge in [0.1, 0.15) is 0 Å². The normalized spacial score (nSPS) is 15.8. The van der Waals surface area contributed by atoms with Crippen molar-refractivity contribution < 1.29 is 9.50 Å². The summed E-state index contributed by atoms with van der Waals surface area (Å²) in [7, 11) is 2.16. The number of halogens is 2. The van der Waals surface area contributed by atoms with Crippen molar-refractivity contribution in [2.45, 2.75) is 12.8 Å². The van der Waals surface area contributed by atoms with Crippen LogP contribution in [0.1, 0.15) is 12.8 Å². The van der Waals surface area contributed by atoms with Crippen LogP contribution in [0.25, 0.3) is 22.0 Å². The lowest BCUT2D eigenvalue weighted by Crippen LogP contribution is -2.32. The monoisotopic (exact) mass is 398 g/mol. The molecule has 1 aliphatic heterocycles. The Morgan fingerprint density at radius 1 is 1.25 bits per heavy atom. The molecule has 2 aromatic carbocycles. The van der Waals surface area contributed by atoms with E-state index >= 15 is 0 Å². The zero-order valence-electron chi connectivity index (χ0n) is 15.7. The van der Waals surface area contributed by atoms with Crippen molar-refractivity contribution >= 4 is 28.2 Å². The quantitative estimate of drug-likeness (QED) is 0.652. The van der Waals surface area contributed by atoms with Gasteiger partial charge >= 0.3 is 0 Å². The van der Waals surface area contributed by atoms with Gasteiger partial charge in [0.25, 0.3) is 0 Å². The third-order valence-electron chi connectivity index (χ3n) is 5.43. The average Bonchev–Trinajstić information content (AvgIpc) is 2.71. The van der Waals surface area contributed by atoms with E-state index in [2.05, 4.69) is 28.3 Å². The van der Waals surface area contributed by atoms with Crippen LogP contribution in [0.3, 0.4) is 0 Å². The van der Waals surface area contributed by atoms with E-state index in [1.807, 2.05) is 18.2 Å². The first-order chi connectivity index (χ1) is 13.5. The molecule has 3 aromatic rings. The van der Waals surface area contributed by atoms with E-state index in [-0.39, 0.29) is 5.02 Å². The molecule has 1 aromatic heterocycles. The second-order valence-corrected chi connectivity index (χ2v) is 7.83. The summed E-state index contributed by atoms with van der Waals surface area (Å²) in [6.07, 6.45) is 4.04. The van der Waals surface area contributed by atoms with Gasteiger partial charge in [0.2, 0.25) is 0 Å². The fourth-order valence-electron chi connectivity index (χ4n) is 3.66. The van der Waals surface area contributed by atoms with Gasteiger partial charge in [0.05, 0.1) is 16.2 Å². The number of piperidine rings is 1. The van der Waals surface area contributed by atoms with Gasteiger partial charge in [-0.1, -0.05) is 17.7 Å². The lowest BCUT2D eigenvalue weighted by atomic mass is 9.97. The summed E-state index contributed by atoms with van der Waals surface area (Å²) in [5.74, 6) is -0.622. The van der Waals surface area contributed by atoms with Crippen molar-refractivity contribution in [2.75, 3.05) is 32.0 Å². The van der Waals surface area contributed by atoms with E-state index in [9.17, 15) is 9.50 Å². The summed E-state index contributed by atoms with van der Waals surface area (Å²) >= 11 is 5.94. The topological polar surface area (TPSA) is 48.4 Å². The van der Waals surface area contributed by atoms with Crippen LogP contribution in [0.2, 0.25) is 5.02 Å². The van der Waals surface area contributed by atoms with Crippen LogP contribution < -0.4 is 5.32 Å². The molecule has 6 heteroatoms. The average molecular weight is 399 g/mol. The van der Waals surface area contributed by atoms with Crippen molar-refractivity contribution in [3.8, 4) is 16.9 Å². The Bertz CT molecular complexity index is 979. The van der Waals surface area contributed by atoms with E-state index in [1.165, 1.54) is 18.9 Å². The van der Waals surface area contributed by atoms with Gasteiger partial charge in [-0.2, -0.15) is 0 Å². The number of aromatic hydroxyl groups is 1. The molecule has 0 spiro atoms. The van der Waals surface area contributed by atoms with Gasteiger partial charge in [-0.05, 0) is 74.3 Å². The first-order valence-corrected chi connectivity index (χ1v) is 9.80. The maximum Gasteiger partial charge on any atom is 0.170 e. The fraction of sp³-hybridized carbons (Fsp3) is 0.318. The fourth-order valence-corrected chi connectivity index (χ4v) is 3.87. The summed E-state index contributed by atoms with van der Waals surface area (Å²) in [6.45, 7) is 3.16. The third-order valence-corrected chi connectivity index (χ3v) is 5.72. The molecular weight excluding hydrogens is 377 g/mol. The van der Waals surface area contributed by atoms with E-state index in [0.29, 0.717) is 11.5 Å². The van der Waals surface area contributed by atoms with Gasteiger partial charge in [0, 0.05) is 24.2 Å². The highest BCUT2D eigenvalue weighted by molar-refractivity contribution is 6.32. The van der Waals surface area contributed by atoms with Crippen LogP contribution in [0.15, 0.2) is 36.5 Å². The first kappa shape index (κ1) is 19.0. The van der Waals surface area contributed by atoms with Crippen molar-refractivity contribution in [1.29, 1.82) is 0 Å². The first-order valence-electron chi connectivity index (χ1n) is 9.42. The number of likely N-dealkylation sites (tertiary alicyclic amines) is 1. The summed E-state index contributed by atoms with van der Waals surface area (Å²) in [6, 6.07) is 11.8. The molecule has 1 radical (unpaired) electrons. The van der Waals surface area contributed by atoms with Gasteiger partial charge in [-0.15, -0.1) is 0 Å². The summed E-state index contributed by atoms with van der Waals surface area (Å²) in [5, 5.41) is 14.0. The Morgan fingerprint density at radius 3 is 2.79 bits per heavy atom. The van der Waals surface area contributed by atoms with Crippen molar-refractivity contribution in [2.24, 2.45) is 5.92 Å². The molecule has 0 atom stereocenters. The number of benzene rings is 2.